The Balaban J connectivity index is 2.02. The first kappa shape index (κ1) is 10.7. The van der Waals surface area contributed by atoms with Crippen molar-refractivity contribution in [3.63, 3.8) is 0 Å². The molecular weight excluding hydrogens is 184 g/mol. The minimum absolute atomic E-state index is 0.227. The van der Waals surface area contributed by atoms with Crippen LogP contribution in [-0.2, 0) is 6.42 Å². The highest BCUT2D eigenvalue weighted by Crippen LogP contribution is 2.37. The molecule has 1 aromatic carbocycles. The Morgan fingerprint density at radius 1 is 1.27 bits per heavy atom. The molecule has 1 fully saturated rings. The Morgan fingerprint density at radius 3 is 2.40 bits per heavy atom. The summed E-state index contributed by atoms with van der Waals surface area (Å²) in [5, 5.41) is 10.1. The molecule has 1 atom stereocenters. The lowest BCUT2D eigenvalue weighted by atomic mass is 9.79. The molecule has 1 heteroatoms. The lowest BCUT2D eigenvalue weighted by Crippen LogP contribution is -2.19. The van der Waals surface area contributed by atoms with E-state index in [9.17, 15) is 5.11 Å². The summed E-state index contributed by atoms with van der Waals surface area (Å²) in [4.78, 5) is 0. The third kappa shape index (κ3) is 2.40. The first-order valence-electron chi connectivity index (χ1n) is 6.08. The van der Waals surface area contributed by atoms with Crippen molar-refractivity contribution in [1.82, 2.24) is 0 Å². The van der Waals surface area contributed by atoms with E-state index >= 15 is 0 Å². The van der Waals surface area contributed by atoms with Crippen LogP contribution in [0.5, 0.6) is 0 Å². The molecule has 15 heavy (non-hydrogen) atoms. The van der Waals surface area contributed by atoms with Crippen molar-refractivity contribution in [2.45, 2.75) is 45.1 Å². The van der Waals surface area contributed by atoms with Gasteiger partial charge < -0.3 is 5.11 Å². The normalized spacial score (nSPS) is 18.5. The van der Waals surface area contributed by atoms with Crippen molar-refractivity contribution >= 4 is 0 Å². The number of hydrogen-bond donors (Lipinski definition) is 1. The molecule has 1 N–H and O–H groups in total. The molecule has 1 aliphatic carbocycles. The fourth-order valence-electron chi connectivity index (χ4n) is 2.20. The van der Waals surface area contributed by atoms with Gasteiger partial charge >= 0.3 is 0 Å². The van der Waals surface area contributed by atoms with E-state index < -0.39 is 0 Å². The molecular formula is C14H20O. The molecule has 1 saturated carbocycles. The van der Waals surface area contributed by atoms with E-state index in [0.717, 1.165) is 12.0 Å². The molecule has 0 radical (unpaired) electrons. The highest BCUT2D eigenvalue weighted by molar-refractivity contribution is 5.24. The fourth-order valence-corrected chi connectivity index (χ4v) is 2.20. The van der Waals surface area contributed by atoms with Crippen molar-refractivity contribution in [2.75, 3.05) is 0 Å². The van der Waals surface area contributed by atoms with Gasteiger partial charge in [0.2, 0.25) is 0 Å². The van der Waals surface area contributed by atoms with Crippen LogP contribution in [0.25, 0.3) is 0 Å². The van der Waals surface area contributed by atoms with E-state index in [1.807, 2.05) is 0 Å². The molecule has 1 aromatic rings. The smallest absolute Gasteiger partial charge is 0.0818 e. The maximum absolute atomic E-state index is 10.1. The zero-order valence-corrected chi connectivity index (χ0v) is 9.45. The molecule has 0 amide bonds. The molecule has 1 nitrogen and oxygen atoms in total. The lowest BCUT2D eigenvalue weighted by molar-refractivity contribution is 0.0621. The molecule has 0 aliphatic heterocycles. The molecule has 0 bridgehead atoms. The van der Waals surface area contributed by atoms with Crippen molar-refractivity contribution in [1.29, 1.82) is 0 Å². The summed E-state index contributed by atoms with van der Waals surface area (Å²) in [7, 11) is 0. The highest BCUT2D eigenvalue weighted by atomic mass is 16.3. The molecule has 0 saturated heterocycles. The second-order valence-corrected chi connectivity index (χ2v) is 4.63. The van der Waals surface area contributed by atoms with Crippen LogP contribution in [0, 0.1) is 5.92 Å². The summed E-state index contributed by atoms with van der Waals surface area (Å²) in [5.41, 5.74) is 2.47. The van der Waals surface area contributed by atoms with E-state index in [4.69, 9.17) is 0 Å². The van der Waals surface area contributed by atoms with Gasteiger partial charge in [0.05, 0.1) is 6.10 Å². The van der Waals surface area contributed by atoms with E-state index in [2.05, 4.69) is 31.2 Å². The molecule has 1 aliphatic rings. The molecule has 0 aromatic heterocycles. The topological polar surface area (TPSA) is 20.2 Å². The Bertz CT molecular complexity index is 298. The van der Waals surface area contributed by atoms with Crippen LogP contribution < -0.4 is 0 Å². The van der Waals surface area contributed by atoms with Crippen LogP contribution in [0.15, 0.2) is 24.3 Å². The molecule has 0 heterocycles. The quantitative estimate of drug-likeness (QED) is 0.796. The Labute approximate surface area is 92.1 Å². The van der Waals surface area contributed by atoms with Gasteiger partial charge in [0.15, 0.2) is 0 Å². The second kappa shape index (κ2) is 4.80. The predicted molar refractivity (Wildman–Crippen MR) is 62.7 cm³/mol. The van der Waals surface area contributed by atoms with Crippen LogP contribution in [0.2, 0.25) is 0 Å². The molecule has 2 rings (SSSR count). The molecule has 1 unspecified atom stereocenters. The maximum Gasteiger partial charge on any atom is 0.0818 e. The largest absolute Gasteiger partial charge is 0.388 e. The van der Waals surface area contributed by atoms with Gasteiger partial charge in [0.1, 0.15) is 0 Å². The third-order valence-electron chi connectivity index (χ3n) is 3.46. The van der Waals surface area contributed by atoms with Crippen LogP contribution in [0.1, 0.15) is 49.8 Å². The summed E-state index contributed by atoms with van der Waals surface area (Å²) in [6, 6.07) is 8.49. The average molecular weight is 204 g/mol. The van der Waals surface area contributed by atoms with Crippen LogP contribution in [0.4, 0.5) is 0 Å². The van der Waals surface area contributed by atoms with Crippen molar-refractivity contribution in [3.05, 3.63) is 35.4 Å². The number of aliphatic hydroxyl groups excluding tert-OH is 1. The Kier molecular flexibility index (Phi) is 3.42. The van der Waals surface area contributed by atoms with Gasteiger partial charge in [-0.2, -0.15) is 0 Å². The highest BCUT2D eigenvalue weighted by Gasteiger charge is 2.26. The van der Waals surface area contributed by atoms with Gasteiger partial charge in [0.25, 0.3) is 0 Å². The average Bonchev–Trinajstić information content (AvgIpc) is 2.16. The van der Waals surface area contributed by atoms with E-state index in [-0.39, 0.29) is 6.10 Å². The van der Waals surface area contributed by atoms with Crippen LogP contribution in [-0.4, -0.2) is 5.11 Å². The SMILES string of the molecule is CCCc1ccc(C(O)C2CCC2)cc1. The van der Waals surface area contributed by atoms with Gasteiger partial charge in [0, 0.05) is 0 Å². The standard InChI is InChI=1S/C14H20O/c1-2-4-11-7-9-13(10-8-11)14(15)12-5-3-6-12/h7-10,12,14-15H,2-6H2,1H3. The van der Waals surface area contributed by atoms with E-state index in [1.165, 1.54) is 31.2 Å². The molecule has 82 valence electrons. The zero-order chi connectivity index (χ0) is 10.7. The summed E-state index contributed by atoms with van der Waals surface area (Å²) >= 11 is 0. The fraction of sp³-hybridized carbons (Fsp3) is 0.571. The predicted octanol–water partition coefficient (Wildman–Crippen LogP) is 3.47. The zero-order valence-electron chi connectivity index (χ0n) is 9.45. The summed E-state index contributed by atoms with van der Waals surface area (Å²) < 4.78 is 0. The van der Waals surface area contributed by atoms with E-state index in [1.54, 1.807) is 0 Å². The first-order chi connectivity index (χ1) is 7.31. The van der Waals surface area contributed by atoms with Gasteiger partial charge in [-0.25, -0.2) is 0 Å². The Morgan fingerprint density at radius 2 is 1.93 bits per heavy atom. The lowest BCUT2D eigenvalue weighted by Gasteiger charge is -2.30. The number of rotatable bonds is 4. The summed E-state index contributed by atoms with van der Waals surface area (Å²) in [5.74, 6) is 0.516. The maximum atomic E-state index is 10.1. The number of hydrogen-bond acceptors (Lipinski definition) is 1. The van der Waals surface area contributed by atoms with Gasteiger partial charge in [-0.1, -0.05) is 44.0 Å². The Hall–Kier alpha value is -0.820. The number of benzene rings is 1. The monoisotopic (exact) mass is 204 g/mol. The second-order valence-electron chi connectivity index (χ2n) is 4.63. The van der Waals surface area contributed by atoms with Crippen molar-refractivity contribution < 1.29 is 5.11 Å². The minimum atomic E-state index is -0.227. The molecule has 0 spiro atoms. The summed E-state index contributed by atoms with van der Waals surface area (Å²) in [6.07, 6.45) is 5.77. The van der Waals surface area contributed by atoms with E-state index in [0.29, 0.717) is 5.92 Å². The number of aryl methyl sites for hydroxylation is 1. The van der Waals surface area contributed by atoms with Gasteiger partial charge in [-0.3, -0.25) is 0 Å². The number of aliphatic hydroxyl groups is 1. The van der Waals surface area contributed by atoms with Gasteiger partial charge in [-0.05, 0) is 36.3 Å². The summed E-state index contributed by atoms with van der Waals surface area (Å²) in [6.45, 7) is 2.19. The van der Waals surface area contributed by atoms with Crippen molar-refractivity contribution in [2.24, 2.45) is 5.92 Å². The van der Waals surface area contributed by atoms with Crippen LogP contribution in [0.3, 0.4) is 0 Å². The third-order valence-corrected chi connectivity index (χ3v) is 3.46. The van der Waals surface area contributed by atoms with Gasteiger partial charge in [-0.15, -0.1) is 0 Å². The van der Waals surface area contributed by atoms with Crippen molar-refractivity contribution in [3.8, 4) is 0 Å². The first-order valence-corrected chi connectivity index (χ1v) is 6.08. The minimum Gasteiger partial charge on any atom is -0.388 e. The van der Waals surface area contributed by atoms with Crippen LogP contribution >= 0.6 is 0 Å².